The molecule has 2 aromatic heterocycles. The normalized spacial score (nSPS) is 26.7. The Hall–Kier alpha value is -2.35. The highest BCUT2D eigenvalue weighted by atomic mass is 19.1. The van der Waals surface area contributed by atoms with Crippen LogP contribution in [-0.4, -0.2) is 51.3 Å². The van der Waals surface area contributed by atoms with E-state index in [2.05, 4.69) is 19.9 Å². The lowest BCUT2D eigenvalue weighted by atomic mass is 9.89. The topological polar surface area (TPSA) is 73.3 Å². The number of halogens is 1. The van der Waals surface area contributed by atoms with Crippen molar-refractivity contribution in [3.63, 3.8) is 0 Å². The van der Waals surface area contributed by atoms with Crippen molar-refractivity contribution in [1.82, 2.24) is 19.9 Å². The van der Waals surface area contributed by atoms with Crippen molar-refractivity contribution in [1.29, 1.82) is 0 Å². The summed E-state index contributed by atoms with van der Waals surface area (Å²) in [6, 6.07) is 2.12. The molecule has 0 radical (unpaired) electrons. The fraction of sp³-hybridized carbons (Fsp3) is 0.500. The summed E-state index contributed by atoms with van der Waals surface area (Å²) in [7, 11) is 0. The van der Waals surface area contributed by atoms with E-state index in [9.17, 15) is 4.39 Å². The SMILES string of the molecule is Fc1cnc(N2CCC[C@]3(C[C@@H](Oc4ncccn4)CO3)C2)nc1. The van der Waals surface area contributed by atoms with E-state index in [4.69, 9.17) is 9.47 Å². The van der Waals surface area contributed by atoms with Gasteiger partial charge in [-0.25, -0.2) is 24.3 Å². The van der Waals surface area contributed by atoms with Crippen molar-refractivity contribution >= 4 is 5.95 Å². The van der Waals surface area contributed by atoms with Crippen LogP contribution in [0.1, 0.15) is 19.3 Å². The van der Waals surface area contributed by atoms with Crippen molar-refractivity contribution < 1.29 is 13.9 Å². The van der Waals surface area contributed by atoms with Crippen molar-refractivity contribution in [2.24, 2.45) is 0 Å². The highest BCUT2D eigenvalue weighted by molar-refractivity contribution is 5.31. The minimum Gasteiger partial charge on any atom is -0.458 e. The number of anilines is 1. The number of hydrogen-bond acceptors (Lipinski definition) is 7. The predicted molar refractivity (Wildman–Crippen MR) is 83.2 cm³/mol. The number of ether oxygens (including phenoxy) is 2. The van der Waals surface area contributed by atoms with E-state index in [1.54, 1.807) is 18.5 Å². The van der Waals surface area contributed by atoms with Gasteiger partial charge in [-0.2, -0.15) is 0 Å². The highest BCUT2D eigenvalue weighted by Crippen LogP contribution is 2.36. The Morgan fingerprint density at radius 1 is 1.21 bits per heavy atom. The van der Waals surface area contributed by atoms with Gasteiger partial charge >= 0.3 is 6.01 Å². The molecule has 0 N–H and O–H groups in total. The third-order valence-corrected chi connectivity index (χ3v) is 4.42. The largest absolute Gasteiger partial charge is 0.458 e. The van der Waals surface area contributed by atoms with Crippen LogP contribution in [0.15, 0.2) is 30.9 Å². The van der Waals surface area contributed by atoms with E-state index >= 15 is 0 Å². The minimum atomic E-state index is -0.432. The third-order valence-electron chi connectivity index (χ3n) is 4.42. The molecular formula is C16H18FN5O2. The summed E-state index contributed by atoms with van der Waals surface area (Å²) in [5.74, 6) is 0.105. The highest BCUT2D eigenvalue weighted by Gasteiger charge is 2.45. The number of nitrogens with zero attached hydrogens (tertiary/aromatic N) is 5. The minimum absolute atomic E-state index is 0.0681. The molecule has 126 valence electrons. The molecule has 0 aromatic carbocycles. The monoisotopic (exact) mass is 331 g/mol. The maximum atomic E-state index is 13.0. The van der Waals surface area contributed by atoms with E-state index in [-0.39, 0.29) is 11.7 Å². The van der Waals surface area contributed by atoms with Gasteiger partial charge in [0.25, 0.3) is 0 Å². The molecule has 4 rings (SSSR count). The second-order valence-electron chi connectivity index (χ2n) is 6.20. The Labute approximate surface area is 138 Å². The quantitative estimate of drug-likeness (QED) is 0.846. The van der Waals surface area contributed by atoms with Gasteiger partial charge in [0.2, 0.25) is 5.95 Å². The number of hydrogen-bond donors (Lipinski definition) is 0. The maximum absolute atomic E-state index is 13.0. The van der Waals surface area contributed by atoms with Crippen molar-refractivity contribution in [2.75, 3.05) is 24.6 Å². The van der Waals surface area contributed by atoms with Gasteiger partial charge in [0.05, 0.1) is 24.6 Å². The molecule has 0 unspecified atom stereocenters. The molecule has 2 aromatic rings. The summed E-state index contributed by atoms with van der Waals surface area (Å²) >= 11 is 0. The molecule has 0 amide bonds. The molecule has 2 atom stereocenters. The summed E-state index contributed by atoms with van der Waals surface area (Å²) < 4.78 is 24.9. The fourth-order valence-electron chi connectivity index (χ4n) is 3.40. The number of rotatable bonds is 3. The van der Waals surface area contributed by atoms with Crippen LogP contribution in [-0.2, 0) is 4.74 Å². The van der Waals surface area contributed by atoms with E-state index in [0.717, 1.165) is 25.8 Å². The molecule has 4 heterocycles. The Morgan fingerprint density at radius 3 is 2.79 bits per heavy atom. The summed E-state index contributed by atoms with van der Waals surface area (Å²) in [5, 5.41) is 0. The summed E-state index contributed by atoms with van der Waals surface area (Å²) in [6.45, 7) is 2.02. The second kappa shape index (κ2) is 6.27. The van der Waals surface area contributed by atoms with Crippen LogP contribution in [0.25, 0.3) is 0 Å². The first-order valence-electron chi connectivity index (χ1n) is 8.03. The fourth-order valence-corrected chi connectivity index (χ4v) is 3.40. The van der Waals surface area contributed by atoms with Crippen LogP contribution in [0.5, 0.6) is 6.01 Å². The van der Waals surface area contributed by atoms with E-state index in [1.807, 2.05) is 4.90 Å². The number of piperidine rings is 1. The van der Waals surface area contributed by atoms with Gasteiger partial charge in [0.1, 0.15) is 6.10 Å². The zero-order valence-corrected chi connectivity index (χ0v) is 13.1. The van der Waals surface area contributed by atoms with Gasteiger partial charge in [-0.3, -0.25) is 0 Å². The van der Waals surface area contributed by atoms with Crippen LogP contribution in [0.2, 0.25) is 0 Å². The van der Waals surface area contributed by atoms with Gasteiger partial charge in [-0.05, 0) is 18.9 Å². The van der Waals surface area contributed by atoms with Crippen LogP contribution in [0.3, 0.4) is 0 Å². The van der Waals surface area contributed by atoms with Crippen molar-refractivity contribution in [2.45, 2.75) is 31.0 Å². The number of aromatic nitrogens is 4. The first kappa shape index (κ1) is 15.2. The maximum Gasteiger partial charge on any atom is 0.316 e. The zero-order valence-electron chi connectivity index (χ0n) is 13.1. The Morgan fingerprint density at radius 2 is 2.00 bits per heavy atom. The summed E-state index contributed by atoms with van der Waals surface area (Å²) in [4.78, 5) is 18.4. The summed E-state index contributed by atoms with van der Waals surface area (Å²) in [5.41, 5.74) is -0.282. The van der Waals surface area contributed by atoms with Gasteiger partial charge in [0.15, 0.2) is 5.82 Å². The molecule has 0 saturated carbocycles. The summed E-state index contributed by atoms with van der Waals surface area (Å²) in [6.07, 6.45) is 8.32. The van der Waals surface area contributed by atoms with Crippen LogP contribution >= 0.6 is 0 Å². The lowest BCUT2D eigenvalue weighted by molar-refractivity contribution is -0.00859. The van der Waals surface area contributed by atoms with E-state index in [1.165, 1.54) is 12.4 Å². The Bertz CT molecular complexity index is 687. The predicted octanol–water partition coefficient (Wildman–Crippen LogP) is 1.61. The Kier molecular flexibility index (Phi) is 3.97. The zero-order chi connectivity index (χ0) is 16.4. The van der Waals surface area contributed by atoms with Gasteiger partial charge in [-0.15, -0.1) is 0 Å². The second-order valence-corrected chi connectivity index (χ2v) is 6.20. The standard InChI is InChI=1S/C16H18FN5O2/c17-12-8-20-14(21-9-12)22-6-1-3-16(11-22)7-13(10-23-16)24-15-18-4-2-5-19-15/h2,4-5,8-9,13H,1,3,6-7,10-11H2/t13-,16+/m1/s1. The average Bonchev–Trinajstić information content (AvgIpc) is 2.98. The molecule has 0 bridgehead atoms. The van der Waals surface area contributed by atoms with E-state index in [0.29, 0.717) is 25.1 Å². The van der Waals surface area contributed by atoms with Crippen molar-refractivity contribution in [3.05, 3.63) is 36.7 Å². The first-order chi connectivity index (χ1) is 11.7. The van der Waals surface area contributed by atoms with E-state index < -0.39 is 5.82 Å². The van der Waals surface area contributed by atoms with Gasteiger partial charge in [-0.1, -0.05) is 0 Å². The molecule has 2 saturated heterocycles. The van der Waals surface area contributed by atoms with Crippen LogP contribution in [0.4, 0.5) is 10.3 Å². The molecule has 2 fully saturated rings. The molecule has 8 heteroatoms. The Balaban J connectivity index is 1.43. The van der Waals surface area contributed by atoms with Crippen LogP contribution in [0, 0.1) is 5.82 Å². The first-order valence-corrected chi connectivity index (χ1v) is 8.03. The molecule has 2 aliphatic heterocycles. The van der Waals surface area contributed by atoms with Crippen LogP contribution < -0.4 is 9.64 Å². The van der Waals surface area contributed by atoms with Gasteiger partial charge in [0, 0.05) is 31.9 Å². The molecule has 24 heavy (non-hydrogen) atoms. The lowest BCUT2D eigenvalue weighted by Gasteiger charge is -2.39. The molecule has 7 nitrogen and oxygen atoms in total. The molecule has 1 spiro atoms. The molecule has 0 aliphatic carbocycles. The van der Waals surface area contributed by atoms with Gasteiger partial charge < -0.3 is 14.4 Å². The smallest absolute Gasteiger partial charge is 0.316 e. The van der Waals surface area contributed by atoms with Crippen molar-refractivity contribution in [3.8, 4) is 6.01 Å². The third kappa shape index (κ3) is 3.14. The lowest BCUT2D eigenvalue weighted by Crippen LogP contribution is -2.48. The molecular weight excluding hydrogens is 313 g/mol. The molecule has 2 aliphatic rings. The average molecular weight is 331 g/mol.